The molecule has 1 aromatic carbocycles. The summed E-state index contributed by atoms with van der Waals surface area (Å²) in [6.07, 6.45) is 8.24. The number of hydrogen-bond donors (Lipinski definition) is 3. The Hall–Kier alpha value is -2.80. The van der Waals surface area contributed by atoms with Crippen molar-refractivity contribution in [3.8, 4) is 0 Å². The molecular formula is C19H26N6O. The number of carbonyl (C=O) groups is 1. The van der Waals surface area contributed by atoms with Crippen molar-refractivity contribution in [1.29, 1.82) is 0 Å². The Kier molecular flexibility index (Phi) is 7.70. The summed E-state index contributed by atoms with van der Waals surface area (Å²) in [5.41, 5.74) is 12.6. The smallest absolute Gasteiger partial charge is 0.211 e. The molecule has 1 heterocycles. The second-order valence-electron chi connectivity index (χ2n) is 6.21. The standard InChI is InChI=1S/C19H26N6O/c1-14-5-6-17(24-13-26)16(10-14)11-15(4-3-7-20)19(25-21-2)18-12-22-8-9-23-18/h5-6,8-10,12-13,15,19,25H,2-4,7,11,20H2,1H3,(H,24,26). The van der Waals surface area contributed by atoms with Crippen molar-refractivity contribution in [2.24, 2.45) is 16.8 Å². The van der Waals surface area contributed by atoms with E-state index in [0.717, 1.165) is 41.8 Å². The molecule has 2 rings (SSSR count). The van der Waals surface area contributed by atoms with Gasteiger partial charge in [0.1, 0.15) is 0 Å². The van der Waals surface area contributed by atoms with Crippen LogP contribution in [-0.2, 0) is 11.2 Å². The molecule has 4 N–H and O–H groups in total. The van der Waals surface area contributed by atoms with Crippen LogP contribution in [0.25, 0.3) is 0 Å². The van der Waals surface area contributed by atoms with Gasteiger partial charge in [-0.15, -0.1) is 0 Å². The van der Waals surface area contributed by atoms with Gasteiger partial charge in [-0.05, 0) is 50.3 Å². The summed E-state index contributed by atoms with van der Waals surface area (Å²) < 4.78 is 0. The molecule has 0 saturated heterocycles. The fraction of sp³-hybridized carbons (Fsp3) is 0.368. The minimum absolute atomic E-state index is 0.141. The zero-order valence-electron chi connectivity index (χ0n) is 15.1. The lowest BCUT2D eigenvalue weighted by atomic mass is 9.86. The van der Waals surface area contributed by atoms with E-state index in [0.29, 0.717) is 13.0 Å². The van der Waals surface area contributed by atoms with E-state index in [2.05, 4.69) is 38.6 Å². The van der Waals surface area contributed by atoms with Crippen LogP contribution in [0.4, 0.5) is 5.69 Å². The lowest BCUT2D eigenvalue weighted by Gasteiger charge is -2.27. The van der Waals surface area contributed by atoms with Crippen molar-refractivity contribution in [2.75, 3.05) is 11.9 Å². The molecule has 0 aliphatic carbocycles. The Morgan fingerprint density at radius 3 is 2.88 bits per heavy atom. The molecule has 1 aromatic heterocycles. The largest absolute Gasteiger partial charge is 0.330 e. The van der Waals surface area contributed by atoms with E-state index in [4.69, 9.17) is 5.73 Å². The highest BCUT2D eigenvalue weighted by atomic mass is 16.1. The highest BCUT2D eigenvalue weighted by Gasteiger charge is 2.25. The number of aromatic nitrogens is 2. The van der Waals surface area contributed by atoms with Crippen LogP contribution < -0.4 is 16.5 Å². The number of hydrazone groups is 1. The van der Waals surface area contributed by atoms with Gasteiger partial charge >= 0.3 is 0 Å². The zero-order chi connectivity index (χ0) is 18.8. The van der Waals surface area contributed by atoms with Gasteiger partial charge in [0.25, 0.3) is 0 Å². The van der Waals surface area contributed by atoms with Crippen molar-refractivity contribution in [2.45, 2.75) is 32.2 Å². The van der Waals surface area contributed by atoms with Gasteiger partial charge in [0.05, 0.1) is 17.9 Å². The summed E-state index contributed by atoms with van der Waals surface area (Å²) in [4.78, 5) is 19.5. The molecule has 2 unspecified atom stereocenters. The zero-order valence-corrected chi connectivity index (χ0v) is 15.1. The van der Waals surface area contributed by atoms with Crippen LogP contribution >= 0.6 is 0 Å². The number of anilines is 1. The number of nitrogens with zero attached hydrogens (tertiary/aromatic N) is 3. The van der Waals surface area contributed by atoms with Crippen LogP contribution in [0.3, 0.4) is 0 Å². The molecule has 0 radical (unpaired) electrons. The normalized spacial score (nSPS) is 12.8. The van der Waals surface area contributed by atoms with Crippen molar-refractivity contribution in [3.05, 3.63) is 53.6 Å². The van der Waals surface area contributed by atoms with E-state index in [1.165, 1.54) is 0 Å². The van der Waals surface area contributed by atoms with Gasteiger partial charge in [0.2, 0.25) is 6.41 Å². The van der Waals surface area contributed by atoms with Crippen LogP contribution in [0.15, 0.2) is 41.9 Å². The Morgan fingerprint density at radius 2 is 2.23 bits per heavy atom. The van der Waals surface area contributed by atoms with Gasteiger partial charge in [0, 0.05) is 24.8 Å². The molecule has 0 aliphatic rings. The topological polar surface area (TPSA) is 105 Å². The summed E-state index contributed by atoms with van der Waals surface area (Å²) in [6.45, 7) is 6.21. The number of hydrogen-bond acceptors (Lipinski definition) is 6. The molecule has 1 amide bonds. The number of nitrogens with one attached hydrogen (secondary N) is 2. The first-order chi connectivity index (χ1) is 12.7. The van der Waals surface area contributed by atoms with E-state index in [1.807, 2.05) is 19.1 Å². The van der Waals surface area contributed by atoms with Crippen molar-refractivity contribution in [3.63, 3.8) is 0 Å². The lowest BCUT2D eigenvalue weighted by Crippen LogP contribution is -2.28. The van der Waals surface area contributed by atoms with E-state index in [9.17, 15) is 4.79 Å². The third-order valence-corrected chi connectivity index (χ3v) is 4.34. The number of amides is 1. The van der Waals surface area contributed by atoms with Gasteiger partial charge < -0.3 is 16.5 Å². The number of carbonyl (C=O) groups excluding carboxylic acids is 1. The molecule has 0 spiro atoms. The summed E-state index contributed by atoms with van der Waals surface area (Å²) in [5, 5.41) is 6.67. The van der Waals surface area contributed by atoms with Gasteiger partial charge in [-0.1, -0.05) is 17.7 Å². The molecule has 0 fully saturated rings. The van der Waals surface area contributed by atoms with Gasteiger partial charge in [0.15, 0.2) is 0 Å². The van der Waals surface area contributed by atoms with Crippen LogP contribution in [0.5, 0.6) is 0 Å². The van der Waals surface area contributed by atoms with Gasteiger partial charge in [-0.3, -0.25) is 14.8 Å². The minimum atomic E-state index is -0.141. The third-order valence-electron chi connectivity index (χ3n) is 4.34. The van der Waals surface area contributed by atoms with E-state index in [1.54, 1.807) is 18.6 Å². The first-order valence-electron chi connectivity index (χ1n) is 8.66. The second kappa shape index (κ2) is 10.2. The SMILES string of the molecule is C=NNC(c1cnccn1)C(CCCN)Cc1cc(C)ccc1NC=O. The van der Waals surface area contributed by atoms with E-state index in [-0.39, 0.29) is 12.0 Å². The molecule has 2 atom stereocenters. The fourth-order valence-corrected chi connectivity index (χ4v) is 3.13. The van der Waals surface area contributed by atoms with Gasteiger partial charge in [-0.2, -0.15) is 5.10 Å². The molecule has 7 heteroatoms. The number of rotatable bonds is 11. The second-order valence-corrected chi connectivity index (χ2v) is 6.21. The highest BCUT2D eigenvalue weighted by Crippen LogP contribution is 2.30. The summed E-state index contributed by atoms with van der Waals surface area (Å²) in [7, 11) is 0. The molecule has 2 aromatic rings. The van der Waals surface area contributed by atoms with Crippen molar-refractivity contribution < 1.29 is 4.79 Å². The monoisotopic (exact) mass is 354 g/mol. The summed E-state index contributed by atoms with van der Waals surface area (Å²) >= 11 is 0. The van der Waals surface area contributed by atoms with Crippen molar-refractivity contribution >= 4 is 18.8 Å². The maximum Gasteiger partial charge on any atom is 0.211 e. The maximum absolute atomic E-state index is 10.9. The molecule has 0 bridgehead atoms. The van der Waals surface area contributed by atoms with Crippen LogP contribution in [0.1, 0.15) is 35.7 Å². The predicted octanol–water partition coefficient (Wildman–Crippen LogP) is 2.20. The van der Waals surface area contributed by atoms with E-state index >= 15 is 0 Å². The van der Waals surface area contributed by atoms with Crippen LogP contribution in [-0.4, -0.2) is 29.6 Å². The average Bonchev–Trinajstić information content (AvgIpc) is 2.66. The molecule has 0 saturated carbocycles. The molecule has 7 nitrogen and oxygen atoms in total. The molecule has 26 heavy (non-hydrogen) atoms. The Bertz CT molecular complexity index is 706. The Labute approximate surface area is 154 Å². The number of aryl methyl sites for hydroxylation is 1. The molecule has 0 aliphatic heterocycles. The number of benzene rings is 1. The quantitative estimate of drug-likeness (QED) is 0.326. The molecule has 138 valence electrons. The molecular weight excluding hydrogens is 328 g/mol. The minimum Gasteiger partial charge on any atom is -0.330 e. The van der Waals surface area contributed by atoms with Crippen LogP contribution in [0, 0.1) is 12.8 Å². The Morgan fingerprint density at radius 1 is 1.38 bits per heavy atom. The van der Waals surface area contributed by atoms with E-state index < -0.39 is 0 Å². The highest BCUT2D eigenvalue weighted by molar-refractivity contribution is 5.73. The average molecular weight is 354 g/mol. The van der Waals surface area contributed by atoms with Gasteiger partial charge in [-0.25, -0.2) is 0 Å². The fourth-order valence-electron chi connectivity index (χ4n) is 3.13. The maximum atomic E-state index is 10.9. The predicted molar refractivity (Wildman–Crippen MR) is 104 cm³/mol. The summed E-state index contributed by atoms with van der Waals surface area (Å²) in [5.74, 6) is 0.162. The summed E-state index contributed by atoms with van der Waals surface area (Å²) in [6, 6.07) is 5.86. The number of nitrogens with two attached hydrogens (primary N) is 1. The first kappa shape index (κ1) is 19.5. The van der Waals surface area contributed by atoms with Crippen molar-refractivity contribution in [1.82, 2.24) is 15.4 Å². The lowest BCUT2D eigenvalue weighted by molar-refractivity contribution is -0.105. The third kappa shape index (κ3) is 5.35. The Balaban J connectivity index is 2.35. The van der Waals surface area contributed by atoms with Crippen LogP contribution in [0.2, 0.25) is 0 Å². The first-order valence-corrected chi connectivity index (χ1v) is 8.66.